The Balaban J connectivity index is 3.62. The third-order valence-corrected chi connectivity index (χ3v) is 2.51. The molecule has 2 nitrogen and oxygen atoms in total. The molecule has 2 atom stereocenters. The zero-order valence-corrected chi connectivity index (χ0v) is 9.01. The van der Waals surface area contributed by atoms with Gasteiger partial charge >= 0.3 is 0 Å². The molecule has 2 heteroatoms. The van der Waals surface area contributed by atoms with Crippen molar-refractivity contribution in [3.05, 3.63) is 0 Å². The van der Waals surface area contributed by atoms with Crippen molar-refractivity contribution in [1.29, 1.82) is 0 Å². The highest BCUT2D eigenvalue weighted by molar-refractivity contribution is 4.68. The third kappa shape index (κ3) is 4.73. The fraction of sp³-hybridized carbons (Fsp3) is 1.00. The van der Waals surface area contributed by atoms with E-state index in [1.807, 2.05) is 0 Å². The van der Waals surface area contributed by atoms with Gasteiger partial charge in [0.05, 0.1) is 0 Å². The first-order valence-corrected chi connectivity index (χ1v) is 5.07. The summed E-state index contributed by atoms with van der Waals surface area (Å²) in [6.07, 6.45) is 3.60. The van der Waals surface area contributed by atoms with Crippen LogP contribution in [0.3, 0.4) is 0 Å². The van der Waals surface area contributed by atoms with E-state index in [4.69, 9.17) is 5.73 Å². The van der Waals surface area contributed by atoms with E-state index in [0.29, 0.717) is 12.1 Å². The maximum absolute atomic E-state index is 5.87. The number of rotatable bonds is 6. The smallest absolute Gasteiger partial charge is 0.0165 e. The van der Waals surface area contributed by atoms with E-state index in [2.05, 4.69) is 32.7 Å². The van der Waals surface area contributed by atoms with Gasteiger partial charge in [-0.1, -0.05) is 20.3 Å². The molecular weight excluding hydrogens is 148 g/mol. The molecule has 0 aromatic rings. The van der Waals surface area contributed by atoms with E-state index in [1.54, 1.807) is 0 Å². The third-order valence-electron chi connectivity index (χ3n) is 2.51. The number of nitrogens with two attached hydrogens (primary N) is 1. The van der Waals surface area contributed by atoms with Gasteiger partial charge in [0.25, 0.3) is 0 Å². The minimum absolute atomic E-state index is 0.342. The molecule has 0 spiro atoms. The van der Waals surface area contributed by atoms with Crippen LogP contribution in [0.4, 0.5) is 0 Å². The first-order valence-electron chi connectivity index (χ1n) is 5.07. The Bertz CT molecular complexity index is 104. The molecule has 0 aliphatic heterocycles. The molecule has 0 saturated heterocycles. The van der Waals surface area contributed by atoms with Crippen LogP contribution in [0.2, 0.25) is 0 Å². The Kier molecular flexibility index (Phi) is 6.39. The quantitative estimate of drug-likeness (QED) is 0.662. The molecule has 0 aromatic heterocycles. The summed E-state index contributed by atoms with van der Waals surface area (Å²) in [7, 11) is 2.16. The minimum Gasteiger partial charge on any atom is -0.327 e. The molecule has 12 heavy (non-hydrogen) atoms. The van der Waals surface area contributed by atoms with Crippen LogP contribution in [-0.4, -0.2) is 30.6 Å². The molecule has 74 valence electrons. The Morgan fingerprint density at radius 3 is 2.33 bits per heavy atom. The summed E-state index contributed by atoms with van der Waals surface area (Å²) in [6.45, 7) is 7.66. The summed E-state index contributed by atoms with van der Waals surface area (Å²) in [6, 6.07) is 1.02. The molecule has 0 aliphatic carbocycles. The summed E-state index contributed by atoms with van der Waals surface area (Å²) < 4.78 is 0. The van der Waals surface area contributed by atoms with Gasteiger partial charge in [0, 0.05) is 18.6 Å². The average molecular weight is 172 g/mol. The van der Waals surface area contributed by atoms with Gasteiger partial charge in [0.15, 0.2) is 0 Å². The number of nitrogens with zero attached hydrogens (tertiary/aromatic N) is 1. The van der Waals surface area contributed by atoms with Gasteiger partial charge in [-0.15, -0.1) is 0 Å². The molecule has 0 fully saturated rings. The fourth-order valence-corrected chi connectivity index (χ4v) is 1.32. The maximum Gasteiger partial charge on any atom is 0.0165 e. The number of hydrogen-bond donors (Lipinski definition) is 1. The van der Waals surface area contributed by atoms with Crippen LogP contribution in [-0.2, 0) is 0 Å². The lowest BCUT2D eigenvalue weighted by molar-refractivity contribution is 0.229. The molecule has 0 radical (unpaired) electrons. The first kappa shape index (κ1) is 11.9. The monoisotopic (exact) mass is 172 g/mol. The second kappa shape index (κ2) is 6.44. The number of likely N-dealkylation sites (N-methyl/N-ethyl adjacent to an activating group) is 1. The zero-order chi connectivity index (χ0) is 9.56. The predicted octanol–water partition coefficient (Wildman–Crippen LogP) is 1.84. The van der Waals surface area contributed by atoms with Crippen molar-refractivity contribution < 1.29 is 0 Å². The van der Waals surface area contributed by atoms with E-state index < -0.39 is 0 Å². The summed E-state index contributed by atoms with van der Waals surface area (Å²) in [5.74, 6) is 0. The lowest BCUT2D eigenvalue weighted by Gasteiger charge is -2.26. The van der Waals surface area contributed by atoms with E-state index in [-0.39, 0.29) is 0 Å². The molecule has 0 bridgehead atoms. The molecular formula is C10H24N2. The Labute approximate surface area is 77.1 Å². The van der Waals surface area contributed by atoms with Crippen molar-refractivity contribution in [2.24, 2.45) is 5.73 Å². The topological polar surface area (TPSA) is 29.3 Å². The zero-order valence-electron chi connectivity index (χ0n) is 9.01. The minimum atomic E-state index is 0.342. The van der Waals surface area contributed by atoms with Crippen LogP contribution in [0.5, 0.6) is 0 Å². The van der Waals surface area contributed by atoms with Crippen molar-refractivity contribution in [3.63, 3.8) is 0 Å². The maximum atomic E-state index is 5.87. The van der Waals surface area contributed by atoms with Crippen molar-refractivity contribution in [2.45, 2.75) is 52.1 Å². The standard InChI is InChI=1S/C10H24N2/c1-5-7-9(3)12(4)8-10(11)6-2/h9-10H,5-8,11H2,1-4H3. The first-order chi connectivity index (χ1) is 5.61. The highest BCUT2D eigenvalue weighted by Gasteiger charge is 2.10. The highest BCUT2D eigenvalue weighted by Crippen LogP contribution is 2.04. The molecule has 0 saturated carbocycles. The van der Waals surface area contributed by atoms with Gasteiger partial charge in [0.2, 0.25) is 0 Å². The van der Waals surface area contributed by atoms with Gasteiger partial charge in [-0.2, -0.15) is 0 Å². The molecule has 0 amide bonds. The molecule has 0 rings (SSSR count). The Morgan fingerprint density at radius 2 is 1.92 bits per heavy atom. The van der Waals surface area contributed by atoms with Crippen molar-refractivity contribution >= 4 is 0 Å². The molecule has 0 heterocycles. The van der Waals surface area contributed by atoms with Gasteiger partial charge in [0.1, 0.15) is 0 Å². The van der Waals surface area contributed by atoms with Crippen LogP contribution in [0.15, 0.2) is 0 Å². The van der Waals surface area contributed by atoms with Crippen LogP contribution in [0.25, 0.3) is 0 Å². The van der Waals surface area contributed by atoms with Gasteiger partial charge in [-0.3, -0.25) is 0 Å². The Morgan fingerprint density at radius 1 is 1.33 bits per heavy atom. The van der Waals surface area contributed by atoms with Gasteiger partial charge in [-0.05, 0) is 26.8 Å². The predicted molar refractivity (Wildman–Crippen MR) is 55.3 cm³/mol. The summed E-state index contributed by atoms with van der Waals surface area (Å²) in [5, 5.41) is 0. The second-order valence-corrected chi connectivity index (χ2v) is 3.75. The number of hydrogen-bond acceptors (Lipinski definition) is 2. The summed E-state index contributed by atoms with van der Waals surface area (Å²) in [5.41, 5.74) is 5.87. The van der Waals surface area contributed by atoms with Crippen molar-refractivity contribution in [3.8, 4) is 0 Å². The lowest BCUT2D eigenvalue weighted by Crippen LogP contribution is -2.39. The lowest BCUT2D eigenvalue weighted by atomic mass is 10.1. The molecule has 2 unspecified atom stereocenters. The SMILES string of the molecule is CCCC(C)N(C)CC(N)CC. The normalized spacial score (nSPS) is 16.5. The molecule has 0 aliphatic rings. The summed E-state index contributed by atoms with van der Waals surface area (Å²) in [4.78, 5) is 2.36. The van der Waals surface area contributed by atoms with Crippen molar-refractivity contribution in [1.82, 2.24) is 4.90 Å². The molecule has 2 N–H and O–H groups in total. The molecule has 0 aromatic carbocycles. The van der Waals surface area contributed by atoms with Crippen LogP contribution >= 0.6 is 0 Å². The highest BCUT2D eigenvalue weighted by atomic mass is 15.1. The van der Waals surface area contributed by atoms with Crippen LogP contribution in [0.1, 0.15) is 40.0 Å². The van der Waals surface area contributed by atoms with E-state index in [1.165, 1.54) is 12.8 Å². The fourth-order valence-electron chi connectivity index (χ4n) is 1.32. The van der Waals surface area contributed by atoms with Crippen molar-refractivity contribution in [2.75, 3.05) is 13.6 Å². The van der Waals surface area contributed by atoms with E-state index in [9.17, 15) is 0 Å². The largest absolute Gasteiger partial charge is 0.327 e. The van der Waals surface area contributed by atoms with Crippen LogP contribution in [0, 0.1) is 0 Å². The van der Waals surface area contributed by atoms with Crippen LogP contribution < -0.4 is 5.73 Å². The summed E-state index contributed by atoms with van der Waals surface area (Å²) >= 11 is 0. The average Bonchev–Trinajstić information content (AvgIpc) is 2.04. The Hall–Kier alpha value is -0.0800. The van der Waals surface area contributed by atoms with E-state index in [0.717, 1.165) is 13.0 Å². The second-order valence-electron chi connectivity index (χ2n) is 3.75. The van der Waals surface area contributed by atoms with Gasteiger partial charge in [-0.25, -0.2) is 0 Å². The van der Waals surface area contributed by atoms with Gasteiger partial charge < -0.3 is 10.6 Å². The van der Waals surface area contributed by atoms with E-state index >= 15 is 0 Å².